The van der Waals surface area contributed by atoms with Gasteiger partial charge in [-0.15, -0.1) is 0 Å². The third-order valence-electron chi connectivity index (χ3n) is 4.41. The summed E-state index contributed by atoms with van der Waals surface area (Å²) in [4.78, 5) is 37.7. The van der Waals surface area contributed by atoms with Crippen molar-refractivity contribution in [3.05, 3.63) is 71.0 Å². The van der Waals surface area contributed by atoms with Gasteiger partial charge in [0.25, 0.3) is 5.91 Å². The molecule has 1 fully saturated rings. The molecule has 0 spiro atoms. The van der Waals surface area contributed by atoms with Gasteiger partial charge in [-0.3, -0.25) is 9.69 Å². The van der Waals surface area contributed by atoms with Crippen LogP contribution in [0.2, 0.25) is 0 Å². The van der Waals surface area contributed by atoms with E-state index in [0.717, 1.165) is 4.90 Å². The Morgan fingerprint density at radius 2 is 1.73 bits per heavy atom. The number of nitrogens with one attached hydrogen (secondary N) is 1. The summed E-state index contributed by atoms with van der Waals surface area (Å²) >= 11 is 0. The van der Waals surface area contributed by atoms with Crippen molar-refractivity contribution in [3.8, 4) is 0 Å². The summed E-state index contributed by atoms with van der Waals surface area (Å²) in [5, 5.41) is 2.67. The summed E-state index contributed by atoms with van der Waals surface area (Å²) in [7, 11) is 1.29. The zero-order valence-corrected chi connectivity index (χ0v) is 14.3. The Hall–Kier alpha value is -3.22. The number of carbonyl (C=O) groups excluding carboxylic acids is 3. The molecule has 1 atom stereocenters. The van der Waals surface area contributed by atoms with Gasteiger partial charge in [-0.25, -0.2) is 14.0 Å². The normalized spacial score (nSPS) is 19.4. The average Bonchev–Trinajstić information content (AvgIpc) is 2.86. The van der Waals surface area contributed by atoms with Gasteiger partial charge in [-0.05, 0) is 42.3 Å². The second kappa shape index (κ2) is 6.59. The van der Waals surface area contributed by atoms with Crippen LogP contribution in [0.15, 0.2) is 48.5 Å². The molecule has 3 rings (SSSR count). The van der Waals surface area contributed by atoms with Crippen LogP contribution >= 0.6 is 0 Å². The summed E-state index contributed by atoms with van der Waals surface area (Å²) in [6.07, 6.45) is 0. The number of hydrogen-bond donors (Lipinski definition) is 1. The lowest BCUT2D eigenvalue weighted by Gasteiger charge is -2.22. The molecule has 0 aromatic heterocycles. The Labute approximate surface area is 149 Å². The van der Waals surface area contributed by atoms with E-state index in [2.05, 4.69) is 10.1 Å². The molecule has 26 heavy (non-hydrogen) atoms. The molecule has 2 aromatic rings. The van der Waals surface area contributed by atoms with Gasteiger partial charge in [-0.1, -0.05) is 24.3 Å². The van der Waals surface area contributed by atoms with E-state index in [9.17, 15) is 18.8 Å². The molecule has 1 aliphatic rings. The van der Waals surface area contributed by atoms with Gasteiger partial charge >= 0.3 is 12.0 Å². The maximum absolute atomic E-state index is 13.1. The molecule has 134 valence electrons. The first kappa shape index (κ1) is 17.6. The Bertz CT molecular complexity index is 864. The van der Waals surface area contributed by atoms with E-state index in [0.29, 0.717) is 16.7 Å². The topological polar surface area (TPSA) is 75.7 Å². The minimum atomic E-state index is -1.25. The number of imide groups is 1. The zero-order chi connectivity index (χ0) is 18.9. The molecule has 3 amide bonds. The third-order valence-corrected chi connectivity index (χ3v) is 4.41. The summed E-state index contributed by atoms with van der Waals surface area (Å²) in [6, 6.07) is 11.4. The molecule has 0 saturated carbocycles. The van der Waals surface area contributed by atoms with E-state index in [4.69, 9.17) is 0 Å². The lowest BCUT2D eigenvalue weighted by atomic mass is 9.92. The molecule has 1 aliphatic heterocycles. The fourth-order valence-corrected chi connectivity index (χ4v) is 2.87. The van der Waals surface area contributed by atoms with Gasteiger partial charge in [0.15, 0.2) is 0 Å². The molecule has 1 heterocycles. The Balaban J connectivity index is 1.81. The van der Waals surface area contributed by atoms with Crippen LogP contribution < -0.4 is 5.32 Å². The predicted molar refractivity (Wildman–Crippen MR) is 90.6 cm³/mol. The highest BCUT2D eigenvalue weighted by molar-refractivity contribution is 6.07. The molecular weight excluding hydrogens is 339 g/mol. The standard InChI is InChI=1S/C19H17FN2O4/c1-19(14-7-9-15(20)10-8-14)17(24)22(18(25)21-19)11-12-3-5-13(6-4-12)16(23)26-2/h3-10H,11H2,1-2H3,(H,21,25). The van der Waals surface area contributed by atoms with Crippen molar-refractivity contribution in [1.29, 1.82) is 0 Å². The number of carbonyl (C=O) groups is 3. The van der Waals surface area contributed by atoms with Gasteiger partial charge in [0, 0.05) is 0 Å². The zero-order valence-electron chi connectivity index (χ0n) is 14.3. The first-order chi connectivity index (χ1) is 12.3. The molecule has 2 aromatic carbocycles. The summed E-state index contributed by atoms with van der Waals surface area (Å²) < 4.78 is 17.8. The summed E-state index contributed by atoms with van der Waals surface area (Å²) in [6.45, 7) is 1.64. The van der Waals surface area contributed by atoms with Crippen LogP contribution in [-0.2, 0) is 21.6 Å². The highest BCUT2D eigenvalue weighted by Crippen LogP contribution is 2.30. The van der Waals surface area contributed by atoms with Crippen molar-refractivity contribution in [2.24, 2.45) is 0 Å². The molecular formula is C19H17FN2O4. The van der Waals surface area contributed by atoms with E-state index >= 15 is 0 Å². The summed E-state index contributed by atoms with van der Waals surface area (Å²) in [5.74, 6) is -1.31. The summed E-state index contributed by atoms with van der Waals surface area (Å²) in [5.41, 5.74) is 0.311. The number of benzene rings is 2. The minimum absolute atomic E-state index is 0.0584. The van der Waals surface area contributed by atoms with E-state index in [1.165, 1.54) is 31.4 Å². The van der Waals surface area contributed by atoms with Gasteiger partial charge in [-0.2, -0.15) is 0 Å². The number of rotatable bonds is 4. The van der Waals surface area contributed by atoms with Crippen molar-refractivity contribution < 1.29 is 23.5 Å². The number of urea groups is 1. The van der Waals surface area contributed by atoms with Gasteiger partial charge in [0.2, 0.25) is 0 Å². The number of methoxy groups -OCH3 is 1. The van der Waals surface area contributed by atoms with Gasteiger partial charge < -0.3 is 10.1 Å². The maximum Gasteiger partial charge on any atom is 0.337 e. The number of amides is 3. The first-order valence-electron chi connectivity index (χ1n) is 7.92. The highest BCUT2D eigenvalue weighted by Gasteiger charge is 2.48. The Kier molecular flexibility index (Phi) is 4.46. The number of nitrogens with zero attached hydrogens (tertiary/aromatic N) is 1. The SMILES string of the molecule is COC(=O)c1ccc(CN2C(=O)NC(C)(c3ccc(F)cc3)C2=O)cc1. The molecule has 6 nitrogen and oxygen atoms in total. The van der Waals surface area contributed by atoms with Crippen LogP contribution in [-0.4, -0.2) is 29.9 Å². The third kappa shape index (κ3) is 3.03. The Morgan fingerprint density at radius 1 is 1.12 bits per heavy atom. The van der Waals surface area contributed by atoms with Crippen molar-refractivity contribution in [1.82, 2.24) is 10.2 Å². The first-order valence-corrected chi connectivity index (χ1v) is 7.92. The molecule has 0 bridgehead atoms. The second-order valence-electron chi connectivity index (χ2n) is 6.14. The van der Waals surface area contributed by atoms with Crippen LogP contribution in [0.4, 0.5) is 9.18 Å². The van der Waals surface area contributed by atoms with Crippen molar-refractivity contribution in [2.45, 2.75) is 19.0 Å². The second-order valence-corrected chi connectivity index (χ2v) is 6.14. The fourth-order valence-electron chi connectivity index (χ4n) is 2.87. The van der Waals surface area contributed by atoms with Gasteiger partial charge in [0.05, 0.1) is 19.2 Å². The fraction of sp³-hybridized carbons (Fsp3) is 0.211. The highest BCUT2D eigenvalue weighted by atomic mass is 19.1. The van der Waals surface area contributed by atoms with Crippen molar-refractivity contribution in [3.63, 3.8) is 0 Å². The monoisotopic (exact) mass is 356 g/mol. The van der Waals surface area contributed by atoms with Crippen molar-refractivity contribution in [2.75, 3.05) is 7.11 Å². The molecule has 1 N–H and O–H groups in total. The number of ether oxygens (including phenoxy) is 1. The molecule has 1 saturated heterocycles. The van der Waals surface area contributed by atoms with Crippen molar-refractivity contribution >= 4 is 17.9 Å². The van der Waals surface area contributed by atoms with E-state index < -0.39 is 29.3 Å². The van der Waals surface area contributed by atoms with Crippen LogP contribution in [0.3, 0.4) is 0 Å². The number of esters is 1. The minimum Gasteiger partial charge on any atom is -0.465 e. The lowest BCUT2D eigenvalue weighted by molar-refractivity contribution is -0.131. The number of hydrogen-bond acceptors (Lipinski definition) is 4. The van der Waals surface area contributed by atoms with E-state index in [1.807, 2.05) is 0 Å². The molecule has 0 radical (unpaired) electrons. The smallest absolute Gasteiger partial charge is 0.337 e. The van der Waals surface area contributed by atoms with E-state index in [-0.39, 0.29) is 6.54 Å². The van der Waals surface area contributed by atoms with Gasteiger partial charge in [0.1, 0.15) is 11.4 Å². The quantitative estimate of drug-likeness (QED) is 0.675. The van der Waals surface area contributed by atoms with E-state index in [1.54, 1.807) is 31.2 Å². The Morgan fingerprint density at radius 3 is 2.31 bits per heavy atom. The lowest BCUT2D eigenvalue weighted by Crippen LogP contribution is -2.40. The molecule has 0 aliphatic carbocycles. The van der Waals surface area contributed by atoms with Crippen LogP contribution in [0.25, 0.3) is 0 Å². The molecule has 1 unspecified atom stereocenters. The van der Waals surface area contributed by atoms with Crippen LogP contribution in [0.5, 0.6) is 0 Å². The maximum atomic E-state index is 13.1. The molecule has 7 heteroatoms. The number of halogens is 1. The average molecular weight is 356 g/mol. The van der Waals surface area contributed by atoms with Crippen LogP contribution in [0, 0.1) is 5.82 Å². The predicted octanol–water partition coefficient (Wildman–Crippen LogP) is 2.58. The van der Waals surface area contributed by atoms with Crippen LogP contribution in [0.1, 0.15) is 28.4 Å². The largest absolute Gasteiger partial charge is 0.465 e.